The van der Waals surface area contributed by atoms with Crippen molar-refractivity contribution in [1.82, 2.24) is 5.32 Å². The summed E-state index contributed by atoms with van der Waals surface area (Å²) in [6.45, 7) is 0. The van der Waals surface area contributed by atoms with Crippen LogP contribution >= 0.6 is 0 Å². The molecule has 0 saturated heterocycles. The van der Waals surface area contributed by atoms with Crippen molar-refractivity contribution in [3.63, 3.8) is 0 Å². The third kappa shape index (κ3) is 4.00. The fourth-order valence-electron chi connectivity index (χ4n) is 2.61. The van der Waals surface area contributed by atoms with E-state index in [1.807, 2.05) is 0 Å². The van der Waals surface area contributed by atoms with E-state index in [9.17, 15) is 13.6 Å². The van der Waals surface area contributed by atoms with Crippen molar-refractivity contribution in [2.75, 3.05) is 0 Å². The van der Waals surface area contributed by atoms with Crippen molar-refractivity contribution in [2.24, 2.45) is 5.73 Å². The van der Waals surface area contributed by atoms with Crippen LogP contribution in [-0.2, 0) is 11.2 Å². The first-order chi connectivity index (χ1) is 9.56. The quantitative estimate of drug-likeness (QED) is 0.836. The molecule has 3 nitrogen and oxygen atoms in total. The van der Waals surface area contributed by atoms with Crippen LogP contribution in [0.25, 0.3) is 0 Å². The Morgan fingerprint density at radius 1 is 1.25 bits per heavy atom. The molecule has 0 aromatic heterocycles. The molecule has 1 aromatic rings. The molecular weight excluding hydrogens is 262 g/mol. The molecule has 1 aliphatic carbocycles. The Hall–Kier alpha value is -1.49. The third-order valence-electron chi connectivity index (χ3n) is 3.78. The number of halogens is 2. The van der Waals surface area contributed by atoms with E-state index in [0.717, 1.165) is 44.2 Å². The summed E-state index contributed by atoms with van der Waals surface area (Å²) in [5.41, 5.74) is 6.23. The van der Waals surface area contributed by atoms with Gasteiger partial charge in [-0.2, -0.15) is 0 Å². The summed E-state index contributed by atoms with van der Waals surface area (Å²) >= 11 is 0. The van der Waals surface area contributed by atoms with E-state index in [1.54, 1.807) is 0 Å². The normalized spacial score (nSPS) is 23.1. The lowest BCUT2D eigenvalue weighted by Gasteiger charge is -2.22. The standard InChI is InChI=1S/C15H20F2N2O/c16-11-7-6-10(12(17)9-11)8-15(20)19-14-5-3-1-2-4-13(14)18/h6-7,9,13-14H,1-5,8,18H2,(H,19,20). The van der Waals surface area contributed by atoms with Gasteiger partial charge in [-0.15, -0.1) is 0 Å². The molecule has 2 atom stereocenters. The molecule has 110 valence electrons. The van der Waals surface area contributed by atoms with E-state index < -0.39 is 11.6 Å². The van der Waals surface area contributed by atoms with Crippen LogP contribution in [0, 0.1) is 11.6 Å². The van der Waals surface area contributed by atoms with Crippen LogP contribution in [0.3, 0.4) is 0 Å². The predicted molar refractivity (Wildman–Crippen MR) is 73.1 cm³/mol. The average molecular weight is 282 g/mol. The average Bonchev–Trinajstić information content (AvgIpc) is 2.59. The van der Waals surface area contributed by atoms with Crippen LogP contribution in [0.4, 0.5) is 8.78 Å². The zero-order chi connectivity index (χ0) is 14.5. The van der Waals surface area contributed by atoms with E-state index in [4.69, 9.17) is 5.73 Å². The molecule has 20 heavy (non-hydrogen) atoms. The monoisotopic (exact) mass is 282 g/mol. The molecule has 0 spiro atoms. The summed E-state index contributed by atoms with van der Waals surface area (Å²) in [4.78, 5) is 11.9. The fraction of sp³-hybridized carbons (Fsp3) is 0.533. The second-order valence-electron chi connectivity index (χ2n) is 5.39. The van der Waals surface area contributed by atoms with Gasteiger partial charge < -0.3 is 11.1 Å². The van der Waals surface area contributed by atoms with Crippen LogP contribution < -0.4 is 11.1 Å². The molecule has 1 amide bonds. The van der Waals surface area contributed by atoms with Gasteiger partial charge in [0.05, 0.1) is 6.42 Å². The van der Waals surface area contributed by atoms with E-state index in [0.29, 0.717) is 0 Å². The Labute approximate surface area is 117 Å². The van der Waals surface area contributed by atoms with Crippen molar-refractivity contribution in [1.29, 1.82) is 0 Å². The maximum absolute atomic E-state index is 13.5. The van der Waals surface area contributed by atoms with Gasteiger partial charge in [-0.25, -0.2) is 8.78 Å². The van der Waals surface area contributed by atoms with Gasteiger partial charge in [0, 0.05) is 18.2 Å². The number of nitrogens with one attached hydrogen (secondary N) is 1. The van der Waals surface area contributed by atoms with Crippen LogP contribution in [0.5, 0.6) is 0 Å². The fourth-order valence-corrected chi connectivity index (χ4v) is 2.61. The lowest BCUT2D eigenvalue weighted by atomic mass is 10.0. The smallest absolute Gasteiger partial charge is 0.224 e. The first-order valence-corrected chi connectivity index (χ1v) is 7.05. The number of nitrogens with two attached hydrogens (primary N) is 1. The summed E-state index contributed by atoms with van der Waals surface area (Å²) in [5.74, 6) is -1.60. The lowest BCUT2D eigenvalue weighted by molar-refractivity contribution is -0.121. The molecule has 2 unspecified atom stereocenters. The van der Waals surface area contributed by atoms with E-state index in [-0.39, 0.29) is 30.0 Å². The van der Waals surface area contributed by atoms with Gasteiger partial charge in [-0.05, 0) is 24.5 Å². The van der Waals surface area contributed by atoms with E-state index in [1.165, 1.54) is 6.07 Å². The van der Waals surface area contributed by atoms with Crippen molar-refractivity contribution in [2.45, 2.75) is 50.6 Å². The maximum Gasteiger partial charge on any atom is 0.224 e. The highest BCUT2D eigenvalue weighted by molar-refractivity contribution is 5.79. The minimum Gasteiger partial charge on any atom is -0.352 e. The topological polar surface area (TPSA) is 55.1 Å². The summed E-state index contributed by atoms with van der Waals surface area (Å²) in [5, 5.41) is 2.87. The summed E-state index contributed by atoms with van der Waals surface area (Å²) < 4.78 is 26.3. The maximum atomic E-state index is 13.5. The molecule has 0 aliphatic heterocycles. The van der Waals surface area contributed by atoms with Gasteiger partial charge in [0.2, 0.25) is 5.91 Å². The van der Waals surface area contributed by atoms with Crippen molar-refractivity contribution < 1.29 is 13.6 Å². The minimum atomic E-state index is -0.690. The van der Waals surface area contributed by atoms with Gasteiger partial charge in [0.1, 0.15) is 11.6 Å². The third-order valence-corrected chi connectivity index (χ3v) is 3.78. The Kier molecular flexibility index (Phi) is 5.06. The molecule has 1 saturated carbocycles. The zero-order valence-electron chi connectivity index (χ0n) is 11.4. The van der Waals surface area contributed by atoms with Gasteiger partial charge in [-0.3, -0.25) is 4.79 Å². The Morgan fingerprint density at radius 2 is 2.00 bits per heavy atom. The largest absolute Gasteiger partial charge is 0.352 e. The van der Waals surface area contributed by atoms with Crippen molar-refractivity contribution >= 4 is 5.91 Å². The Balaban J connectivity index is 1.94. The number of amides is 1. The second kappa shape index (κ2) is 6.79. The number of rotatable bonds is 3. The number of hydrogen-bond acceptors (Lipinski definition) is 2. The van der Waals surface area contributed by atoms with E-state index >= 15 is 0 Å². The number of hydrogen-bond donors (Lipinski definition) is 2. The molecule has 1 aromatic carbocycles. The molecule has 2 rings (SSSR count). The highest BCUT2D eigenvalue weighted by atomic mass is 19.1. The predicted octanol–water partition coefficient (Wildman–Crippen LogP) is 2.28. The molecular formula is C15H20F2N2O. The van der Waals surface area contributed by atoms with Gasteiger partial charge in [-0.1, -0.05) is 25.3 Å². The summed E-state index contributed by atoms with van der Waals surface area (Å²) in [7, 11) is 0. The number of benzene rings is 1. The lowest BCUT2D eigenvalue weighted by Crippen LogP contribution is -2.47. The zero-order valence-corrected chi connectivity index (χ0v) is 11.4. The van der Waals surface area contributed by atoms with Gasteiger partial charge in [0.25, 0.3) is 0 Å². The van der Waals surface area contributed by atoms with Crippen molar-refractivity contribution in [3.8, 4) is 0 Å². The minimum absolute atomic E-state index is 0.0421. The number of carbonyl (C=O) groups is 1. The van der Waals surface area contributed by atoms with E-state index in [2.05, 4.69) is 5.32 Å². The van der Waals surface area contributed by atoms with Crippen LogP contribution in [-0.4, -0.2) is 18.0 Å². The first-order valence-electron chi connectivity index (χ1n) is 7.05. The summed E-state index contributed by atoms with van der Waals surface area (Å²) in [6.07, 6.45) is 4.93. The van der Waals surface area contributed by atoms with Crippen LogP contribution in [0.2, 0.25) is 0 Å². The molecule has 3 N–H and O–H groups in total. The molecule has 1 fully saturated rings. The SMILES string of the molecule is NC1CCCCCC1NC(=O)Cc1ccc(F)cc1F. The molecule has 0 heterocycles. The highest BCUT2D eigenvalue weighted by Gasteiger charge is 2.22. The van der Waals surface area contributed by atoms with Crippen LogP contribution in [0.1, 0.15) is 37.7 Å². The van der Waals surface area contributed by atoms with Crippen LogP contribution in [0.15, 0.2) is 18.2 Å². The van der Waals surface area contributed by atoms with Gasteiger partial charge >= 0.3 is 0 Å². The summed E-state index contributed by atoms with van der Waals surface area (Å²) in [6, 6.07) is 3.16. The second-order valence-corrected chi connectivity index (χ2v) is 5.39. The first kappa shape index (κ1) is 14.9. The molecule has 0 bridgehead atoms. The Bertz CT molecular complexity index is 479. The molecule has 1 aliphatic rings. The van der Waals surface area contributed by atoms with Gasteiger partial charge in [0.15, 0.2) is 0 Å². The van der Waals surface area contributed by atoms with Crippen molar-refractivity contribution in [3.05, 3.63) is 35.4 Å². The molecule has 5 heteroatoms. The number of carbonyl (C=O) groups excluding carboxylic acids is 1. The molecule has 0 radical (unpaired) electrons. The highest BCUT2D eigenvalue weighted by Crippen LogP contribution is 2.17. The Morgan fingerprint density at radius 3 is 2.75 bits per heavy atom.